The quantitative estimate of drug-likeness (QED) is 0.546. The molecule has 2 aromatic carbocycles. The van der Waals surface area contributed by atoms with Crippen LogP contribution in [0.15, 0.2) is 45.6 Å². The molecule has 21 heavy (non-hydrogen) atoms. The van der Waals surface area contributed by atoms with E-state index in [1.165, 1.54) is 12.1 Å². The summed E-state index contributed by atoms with van der Waals surface area (Å²) in [5.74, 6) is -1.94. The number of fused-ring (bicyclic) bond motifs is 1. The lowest BCUT2D eigenvalue weighted by Crippen LogP contribution is -2.02. The highest BCUT2D eigenvalue weighted by atomic mass is 16.4. The Morgan fingerprint density at radius 1 is 0.905 bits per heavy atom. The number of rotatable bonds is 1. The first kappa shape index (κ1) is 12.9. The zero-order valence-corrected chi connectivity index (χ0v) is 10.6. The largest absolute Gasteiger partial charge is 0.508 e. The van der Waals surface area contributed by atoms with Crippen molar-refractivity contribution < 1.29 is 24.8 Å². The van der Waals surface area contributed by atoms with Gasteiger partial charge < -0.3 is 24.8 Å². The van der Waals surface area contributed by atoms with Gasteiger partial charge in [-0.3, -0.25) is 4.79 Å². The van der Waals surface area contributed by atoms with Crippen molar-refractivity contribution in [2.24, 2.45) is 0 Å². The first-order chi connectivity index (χ1) is 9.99. The van der Waals surface area contributed by atoms with E-state index in [1.54, 1.807) is 12.1 Å². The number of phenolic OH excluding ortho intramolecular Hbond substituents is 3. The van der Waals surface area contributed by atoms with Crippen LogP contribution in [0.5, 0.6) is 23.0 Å². The van der Waals surface area contributed by atoms with Crippen LogP contribution in [0.3, 0.4) is 0 Å². The lowest BCUT2D eigenvalue weighted by Gasteiger charge is -2.08. The maximum absolute atomic E-state index is 12.1. The second kappa shape index (κ2) is 4.45. The third-order valence-corrected chi connectivity index (χ3v) is 3.08. The third-order valence-electron chi connectivity index (χ3n) is 3.08. The van der Waals surface area contributed by atoms with Gasteiger partial charge in [0.2, 0.25) is 11.2 Å². The molecule has 0 aliphatic carbocycles. The number of benzene rings is 2. The molecular weight excluding hydrogens is 276 g/mol. The Labute approximate surface area is 117 Å². The maximum Gasteiger partial charge on any atom is 0.235 e. The molecule has 3 aromatic rings. The second-order valence-electron chi connectivity index (χ2n) is 4.47. The molecule has 3 rings (SSSR count). The van der Waals surface area contributed by atoms with Gasteiger partial charge >= 0.3 is 0 Å². The number of aromatic hydroxyl groups is 4. The van der Waals surface area contributed by atoms with E-state index in [-0.39, 0.29) is 33.8 Å². The van der Waals surface area contributed by atoms with E-state index in [1.807, 2.05) is 0 Å². The Balaban J connectivity index is 2.44. The number of hydrogen-bond acceptors (Lipinski definition) is 6. The minimum absolute atomic E-state index is 0.112. The minimum atomic E-state index is -0.819. The first-order valence-corrected chi connectivity index (χ1v) is 5.99. The van der Waals surface area contributed by atoms with E-state index in [0.29, 0.717) is 0 Å². The molecule has 0 unspecified atom stereocenters. The molecule has 0 spiro atoms. The number of para-hydroxylation sites is 1. The predicted molar refractivity (Wildman–Crippen MR) is 74.6 cm³/mol. The SMILES string of the molecule is O=c1c(O)c(-c2ccccc2O)oc2c(O)cc(O)cc12. The predicted octanol–water partition coefficient (Wildman–Crippen LogP) is 2.28. The van der Waals surface area contributed by atoms with Gasteiger partial charge in [0.1, 0.15) is 11.5 Å². The molecule has 1 aromatic heterocycles. The van der Waals surface area contributed by atoms with Gasteiger partial charge in [-0.2, -0.15) is 0 Å². The van der Waals surface area contributed by atoms with Gasteiger partial charge in [0.05, 0.1) is 10.9 Å². The Morgan fingerprint density at radius 3 is 2.33 bits per heavy atom. The standard InChI is InChI=1S/C15H10O6/c16-7-5-9-12(19)13(20)15(21-14(9)11(18)6-7)8-3-1-2-4-10(8)17/h1-6,16-18,20H. The van der Waals surface area contributed by atoms with E-state index in [0.717, 1.165) is 12.1 Å². The van der Waals surface area contributed by atoms with E-state index < -0.39 is 16.9 Å². The van der Waals surface area contributed by atoms with E-state index >= 15 is 0 Å². The summed E-state index contributed by atoms with van der Waals surface area (Å²) >= 11 is 0. The van der Waals surface area contributed by atoms with E-state index in [2.05, 4.69) is 0 Å². The van der Waals surface area contributed by atoms with Crippen LogP contribution in [0.4, 0.5) is 0 Å². The van der Waals surface area contributed by atoms with Crippen molar-refractivity contribution in [2.45, 2.75) is 0 Å². The van der Waals surface area contributed by atoms with Crippen molar-refractivity contribution in [1.29, 1.82) is 0 Å². The molecule has 1 heterocycles. The second-order valence-corrected chi connectivity index (χ2v) is 4.47. The summed E-state index contributed by atoms with van der Waals surface area (Å²) in [7, 11) is 0. The van der Waals surface area contributed by atoms with Gasteiger partial charge in [0.25, 0.3) is 0 Å². The fourth-order valence-electron chi connectivity index (χ4n) is 2.10. The zero-order valence-electron chi connectivity index (χ0n) is 10.6. The molecule has 0 saturated heterocycles. The summed E-state index contributed by atoms with van der Waals surface area (Å²) in [6.07, 6.45) is 0. The van der Waals surface area contributed by atoms with Crippen molar-refractivity contribution in [3.8, 4) is 34.3 Å². The minimum Gasteiger partial charge on any atom is -0.508 e. The van der Waals surface area contributed by atoms with Gasteiger partial charge in [-0.05, 0) is 18.2 Å². The Hall–Kier alpha value is -3.15. The van der Waals surface area contributed by atoms with Crippen LogP contribution in [0.2, 0.25) is 0 Å². The van der Waals surface area contributed by atoms with Gasteiger partial charge in [-0.25, -0.2) is 0 Å². The molecule has 0 atom stereocenters. The van der Waals surface area contributed by atoms with Crippen molar-refractivity contribution in [3.05, 3.63) is 46.6 Å². The maximum atomic E-state index is 12.1. The van der Waals surface area contributed by atoms with Crippen LogP contribution in [0.1, 0.15) is 0 Å². The summed E-state index contributed by atoms with van der Waals surface area (Å²) < 4.78 is 5.35. The summed E-state index contributed by atoms with van der Waals surface area (Å²) in [5.41, 5.74) is -0.893. The van der Waals surface area contributed by atoms with Gasteiger partial charge in [-0.15, -0.1) is 0 Å². The average molecular weight is 286 g/mol. The van der Waals surface area contributed by atoms with Crippen LogP contribution >= 0.6 is 0 Å². The monoisotopic (exact) mass is 286 g/mol. The average Bonchev–Trinajstić information content (AvgIpc) is 2.44. The smallest absolute Gasteiger partial charge is 0.235 e. The molecule has 106 valence electrons. The molecule has 0 aliphatic heterocycles. The molecule has 0 radical (unpaired) electrons. The lowest BCUT2D eigenvalue weighted by atomic mass is 10.1. The molecule has 4 N–H and O–H groups in total. The zero-order chi connectivity index (χ0) is 15.1. The summed E-state index contributed by atoms with van der Waals surface area (Å²) in [6, 6.07) is 8.08. The normalized spacial score (nSPS) is 10.9. The number of phenols is 3. The van der Waals surface area contributed by atoms with Gasteiger partial charge in [0.15, 0.2) is 17.1 Å². The van der Waals surface area contributed by atoms with Crippen molar-refractivity contribution >= 4 is 11.0 Å². The molecular formula is C15H10O6. The molecule has 0 fully saturated rings. The highest BCUT2D eigenvalue weighted by Gasteiger charge is 2.19. The topological polar surface area (TPSA) is 111 Å². The molecule has 6 nitrogen and oxygen atoms in total. The van der Waals surface area contributed by atoms with Crippen molar-refractivity contribution in [3.63, 3.8) is 0 Å². The van der Waals surface area contributed by atoms with Crippen molar-refractivity contribution in [1.82, 2.24) is 0 Å². The molecule has 0 bridgehead atoms. The summed E-state index contributed by atoms with van der Waals surface area (Å²) in [5, 5.41) is 38.8. The lowest BCUT2D eigenvalue weighted by molar-refractivity contribution is 0.428. The molecule has 0 amide bonds. The molecule has 0 aliphatic rings. The molecule has 0 saturated carbocycles. The van der Waals surface area contributed by atoms with E-state index in [9.17, 15) is 25.2 Å². The highest BCUT2D eigenvalue weighted by Crippen LogP contribution is 2.38. The van der Waals surface area contributed by atoms with Crippen molar-refractivity contribution in [2.75, 3.05) is 0 Å². The Kier molecular flexibility index (Phi) is 2.72. The van der Waals surface area contributed by atoms with Crippen LogP contribution < -0.4 is 5.43 Å². The highest BCUT2D eigenvalue weighted by molar-refractivity contribution is 5.88. The third kappa shape index (κ3) is 1.93. The Bertz CT molecular complexity index is 910. The van der Waals surface area contributed by atoms with Crippen LogP contribution in [-0.2, 0) is 0 Å². The Morgan fingerprint density at radius 2 is 1.62 bits per heavy atom. The summed E-state index contributed by atoms with van der Waals surface area (Å²) in [4.78, 5) is 12.1. The van der Waals surface area contributed by atoms with Crippen LogP contribution in [0.25, 0.3) is 22.3 Å². The fourth-order valence-corrected chi connectivity index (χ4v) is 2.10. The fraction of sp³-hybridized carbons (Fsp3) is 0. The van der Waals surface area contributed by atoms with Crippen LogP contribution in [-0.4, -0.2) is 20.4 Å². The number of hydrogen-bond donors (Lipinski definition) is 4. The first-order valence-electron chi connectivity index (χ1n) is 5.99. The van der Waals surface area contributed by atoms with Gasteiger partial charge in [0, 0.05) is 6.07 Å². The van der Waals surface area contributed by atoms with E-state index in [4.69, 9.17) is 4.42 Å². The van der Waals surface area contributed by atoms with Crippen LogP contribution in [0, 0.1) is 0 Å². The van der Waals surface area contributed by atoms with Gasteiger partial charge in [-0.1, -0.05) is 12.1 Å². The summed E-state index contributed by atoms with van der Waals surface area (Å²) in [6.45, 7) is 0. The molecule has 6 heteroatoms.